The molecule has 110 valence electrons. The molecule has 0 spiro atoms. The number of nitrogens with zero attached hydrogens (tertiary/aromatic N) is 1. The van der Waals surface area contributed by atoms with Crippen LogP contribution in [0.4, 0.5) is 0 Å². The van der Waals surface area contributed by atoms with Crippen LogP contribution in [0.3, 0.4) is 0 Å². The van der Waals surface area contributed by atoms with Gasteiger partial charge in [-0.25, -0.2) is 4.98 Å². The molecule has 5 heteroatoms. The topological polar surface area (TPSA) is 54.4 Å². The van der Waals surface area contributed by atoms with E-state index in [0.29, 0.717) is 19.7 Å². The Kier molecular flexibility index (Phi) is 8.21. The molecular formula is C14H26N2O2S. The fourth-order valence-corrected chi connectivity index (χ4v) is 2.44. The van der Waals surface area contributed by atoms with Crippen molar-refractivity contribution in [3.63, 3.8) is 0 Å². The lowest BCUT2D eigenvalue weighted by atomic mass is 10.1. The van der Waals surface area contributed by atoms with Crippen LogP contribution in [-0.2, 0) is 11.3 Å². The maximum atomic E-state index is 9.74. The van der Waals surface area contributed by atoms with Gasteiger partial charge in [0.2, 0.25) is 0 Å². The summed E-state index contributed by atoms with van der Waals surface area (Å²) in [5, 5.41) is 16.0. The number of aromatic nitrogens is 1. The van der Waals surface area contributed by atoms with Crippen LogP contribution in [0.25, 0.3) is 0 Å². The molecule has 1 atom stereocenters. The second-order valence-electron chi connectivity index (χ2n) is 5.28. The maximum absolute atomic E-state index is 9.74. The van der Waals surface area contributed by atoms with Gasteiger partial charge in [-0.2, -0.15) is 0 Å². The number of rotatable bonds is 10. The molecule has 0 saturated heterocycles. The van der Waals surface area contributed by atoms with Gasteiger partial charge in [-0.15, -0.1) is 11.3 Å². The average molecular weight is 286 g/mol. The summed E-state index contributed by atoms with van der Waals surface area (Å²) in [6.45, 7) is 8.80. The van der Waals surface area contributed by atoms with E-state index in [1.165, 1.54) is 6.42 Å². The number of hydrogen-bond donors (Lipinski definition) is 2. The first-order chi connectivity index (χ1) is 9.08. The van der Waals surface area contributed by atoms with E-state index in [1.54, 1.807) is 11.3 Å². The number of ether oxygens (including phenoxy) is 1. The van der Waals surface area contributed by atoms with E-state index in [2.05, 4.69) is 24.1 Å². The molecule has 1 rings (SSSR count). The van der Waals surface area contributed by atoms with Crippen LogP contribution >= 0.6 is 11.3 Å². The molecule has 1 unspecified atom stereocenters. The molecule has 2 N–H and O–H groups in total. The van der Waals surface area contributed by atoms with Gasteiger partial charge in [0.05, 0.1) is 12.7 Å². The van der Waals surface area contributed by atoms with Crippen LogP contribution in [0.5, 0.6) is 0 Å². The third-order valence-corrected chi connectivity index (χ3v) is 3.67. The predicted molar refractivity (Wildman–Crippen MR) is 79.5 cm³/mol. The standard InChI is InChI=1S/C14H26N2O2S/c1-11(2)5-4-6-18-9-13(17)7-15-8-14-16-12(3)10-19-14/h10-11,13,15,17H,4-9H2,1-3H3. The lowest BCUT2D eigenvalue weighted by Crippen LogP contribution is -2.30. The highest BCUT2D eigenvalue weighted by Gasteiger charge is 2.05. The molecule has 0 aliphatic carbocycles. The van der Waals surface area contributed by atoms with Gasteiger partial charge in [0.15, 0.2) is 0 Å². The highest BCUT2D eigenvalue weighted by Crippen LogP contribution is 2.07. The first kappa shape index (κ1) is 16.6. The number of hydrogen-bond acceptors (Lipinski definition) is 5. The molecule has 0 aliphatic heterocycles. The lowest BCUT2D eigenvalue weighted by molar-refractivity contribution is 0.0346. The van der Waals surface area contributed by atoms with Crippen LogP contribution in [0.2, 0.25) is 0 Å². The van der Waals surface area contributed by atoms with E-state index >= 15 is 0 Å². The monoisotopic (exact) mass is 286 g/mol. The van der Waals surface area contributed by atoms with E-state index < -0.39 is 6.10 Å². The predicted octanol–water partition coefficient (Wildman–Crippen LogP) is 2.35. The van der Waals surface area contributed by atoms with Crippen molar-refractivity contribution < 1.29 is 9.84 Å². The first-order valence-electron chi connectivity index (χ1n) is 6.95. The molecule has 0 radical (unpaired) electrons. The Hall–Kier alpha value is -0.490. The molecule has 1 aromatic heterocycles. The molecule has 1 aromatic rings. The van der Waals surface area contributed by atoms with Gasteiger partial charge in [-0.3, -0.25) is 0 Å². The number of aliphatic hydroxyl groups excluding tert-OH is 1. The number of aliphatic hydroxyl groups is 1. The van der Waals surface area contributed by atoms with Crippen LogP contribution in [-0.4, -0.2) is 36.0 Å². The molecule has 0 amide bonds. The summed E-state index contributed by atoms with van der Waals surface area (Å²) in [6, 6.07) is 0. The highest BCUT2D eigenvalue weighted by atomic mass is 32.1. The highest BCUT2D eigenvalue weighted by molar-refractivity contribution is 7.09. The second-order valence-corrected chi connectivity index (χ2v) is 6.22. The van der Waals surface area contributed by atoms with Crippen LogP contribution in [0, 0.1) is 12.8 Å². The van der Waals surface area contributed by atoms with Gasteiger partial charge >= 0.3 is 0 Å². The Labute approximate surface area is 120 Å². The zero-order chi connectivity index (χ0) is 14.1. The maximum Gasteiger partial charge on any atom is 0.107 e. The van der Waals surface area contributed by atoms with Gasteiger partial charge in [0.25, 0.3) is 0 Å². The third-order valence-electron chi connectivity index (χ3n) is 2.70. The number of aryl methyl sites for hydroxylation is 1. The summed E-state index contributed by atoms with van der Waals surface area (Å²) >= 11 is 1.64. The lowest BCUT2D eigenvalue weighted by Gasteiger charge is -2.12. The number of thiazole rings is 1. The van der Waals surface area contributed by atoms with E-state index in [9.17, 15) is 5.11 Å². The molecule has 0 aromatic carbocycles. The van der Waals surface area contributed by atoms with Gasteiger partial charge < -0.3 is 15.2 Å². The summed E-state index contributed by atoms with van der Waals surface area (Å²) in [7, 11) is 0. The average Bonchev–Trinajstić information content (AvgIpc) is 2.74. The van der Waals surface area contributed by atoms with Crippen LogP contribution < -0.4 is 5.32 Å². The van der Waals surface area contributed by atoms with Crippen molar-refractivity contribution in [3.8, 4) is 0 Å². The van der Waals surface area contributed by atoms with Crippen LogP contribution in [0.1, 0.15) is 37.4 Å². The summed E-state index contributed by atoms with van der Waals surface area (Å²) in [6.07, 6.45) is 1.80. The Morgan fingerprint density at radius 1 is 1.47 bits per heavy atom. The van der Waals surface area contributed by atoms with Crippen molar-refractivity contribution >= 4 is 11.3 Å². The van der Waals surface area contributed by atoms with E-state index in [-0.39, 0.29) is 0 Å². The van der Waals surface area contributed by atoms with Gasteiger partial charge in [-0.1, -0.05) is 13.8 Å². The van der Waals surface area contributed by atoms with E-state index in [4.69, 9.17) is 4.74 Å². The smallest absolute Gasteiger partial charge is 0.107 e. The zero-order valence-corrected chi connectivity index (χ0v) is 13.0. The Bertz CT molecular complexity index is 342. The summed E-state index contributed by atoms with van der Waals surface area (Å²) < 4.78 is 5.45. The summed E-state index contributed by atoms with van der Waals surface area (Å²) in [5.74, 6) is 0.719. The fourth-order valence-electron chi connectivity index (χ4n) is 1.70. The van der Waals surface area contributed by atoms with Crippen molar-refractivity contribution in [2.24, 2.45) is 5.92 Å². The van der Waals surface area contributed by atoms with Crippen LogP contribution in [0.15, 0.2) is 5.38 Å². The zero-order valence-electron chi connectivity index (χ0n) is 12.2. The largest absolute Gasteiger partial charge is 0.389 e. The molecule has 0 bridgehead atoms. The Morgan fingerprint density at radius 3 is 2.89 bits per heavy atom. The van der Waals surface area contributed by atoms with E-state index in [0.717, 1.165) is 29.6 Å². The van der Waals surface area contributed by atoms with Gasteiger partial charge in [0.1, 0.15) is 5.01 Å². The molecular weight excluding hydrogens is 260 g/mol. The van der Waals surface area contributed by atoms with Crippen molar-refractivity contribution in [1.82, 2.24) is 10.3 Å². The minimum atomic E-state index is -0.444. The normalized spacial score (nSPS) is 13.1. The molecule has 0 saturated carbocycles. The molecule has 0 fully saturated rings. The minimum absolute atomic E-state index is 0.405. The second kappa shape index (κ2) is 9.42. The third kappa shape index (κ3) is 8.31. The van der Waals surface area contributed by atoms with Crippen molar-refractivity contribution in [2.45, 2.75) is 46.3 Å². The first-order valence-corrected chi connectivity index (χ1v) is 7.83. The molecule has 1 heterocycles. The summed E-state index contributed by atoms with van der Waals surface area (Å²) in [4.78, 5) is 4.35. The molecule has 4 nitrogen and oxygen atoms in total. The van der Waals surface area contributed by atoms with Crippen molar-refractivity contribution in [3.05, 3.63) is 16.1 Å². The Balaban J connectivity index is 1.97. The SMILES string of the molecule is Cc1csc(CNCC(O)COCCCC(C)C)n1. The summed E-state index contributed by atoms with van der Waals surface area (Å²) in [5.41, 5.74) is 1.05. The minimum Gasteiger partial charge on any atom is -0.389 e. The molecule has 0 aliphatic rings. The quantitative estimate of drug-likeness (QED) is 0.648. The van der Waals surface area contributed by atoms with Crippen molar-refractivity contribution in [2.75, 3.05) is 19.8 Å². The number of nitrogens with one attached hydrogen (secondary N) is 1. The van der Waals surface area contributed by atoms with Gasteiger partial charge in [0, 0.05) is 30.8 Å². The fraction of sp³-hybridized carbons (Fsp3) is 0.786. The van der Waals surface area contributed by atoms with E-state index in [1.807, 2.05) is 12.3 Å². The van der Waals surface area contributed by atoms with Crippen molar-refractivity contribution in [1.29, 1.82) is 0 Å². The van der Waals surface area contributed by atoms with Gasteiger partial charge in [-0.05, 0) is 25.7 Å². The Morgan fingerprint density at radius 2 is 2.26 bits per heavy atom. The molecule has 19 heavy (non-hydrogen) atoms.